The molecule has 2 aromatic carbocycles. The number of phenols is 1. The maximum absolute atomic E-state index is 15.0. The van der Waals surface area contributed by atoms with Gasteiger partial charge in [-0.05, 0) is 61.1 Å². The third-order valence-electron chi connectivity index (χ3n) is 7.75. The molecule has 212 valence electrons. The van der Waals surface area contributed by atoms with Gasteiger partial charge in [0.15, 0.2) is 5.65 Å². The van der Waals surface area contributed by atoms with Crippen LogP contribution in [0.25, 0.3) is 28.1 Å². The molecule has 0 radical (unpaired) electrons. The summed E-state index contributed by atoms with van der Waals surface area (Å²) in [5.74, 6) is -1.29. The summed E-state index contributed by atoms with van der Waals surface area (Å²) in [5.41, 5.74) is 0.883. The molecule has 4 aromatic rings. The number of pyridine rings is 1. The molecule has 2 aromatic heterocycles. The lowest BCUT2D eigenvalue weighted by Crippen LogP contribution is -2.46. The molecule has 0 bridgehead atoms. The number of para-hydroxylation sites is 1. The topological polar surface area (TPSA) is 97.4 Å². The van der Waals surface area contributed by atoms with Crippen LogP contribution in [0, 0.1) is 5.82 Å². The quantitative estimate of drug-likeness (QED) is 0.252. The summed E-state index contributed by atoms with van der Waals surface area (Å²) in [5, 5.41) is 10.5. The van der Waals surface area contributed by atoms with Gasteiger partial charge in [0, 0.05) is 19.1 Å². The van der Waals surface area contributed by atoms with E-state index in [-0.39, 0.29) is 33.6 Å². The number of amides is 1. The number of piperidine rings is 1. The average Bonchev–Trinajstić information content (AvgIpc) is 2.98. The number of halogens is 2. The molecule has 1 amide bonds. The average molecular weight is 577 g/mol. The van der Waals surface area contributed by atoms with Crippen LogP contribution in [0.2, 0.25) is 5.02 Å². The molecule has 41 heavy (non-hydrogen) atoms. The Morgan fingerprint density at radius 3 is 2.32 bits per heavy atom. The number of phenolic OH excluding ortho intramolecular Hbond substituents is 1. The van der Waals surface area contributed by atoms with E-state index in [1.807, 2.05) is 32.0 Å². The van der Waals surface area contributed by atoms with Crippen molar-refractivity contribution in [3.63, 3.8) is 0 Å². The third kappa shape index (κ3) is 4.84. The minimum absolute atomic E-state index is 0.00927. The van der Waals surface area contributed by atoms with Gasteiger partial charge in [-0.15, -0.1) is 0 Å². The Kier molecular flexibility index (Phi) is 7.82. The van der Waals surface area contributed by atoms with Crippen LogP contribution < -0.4 is 11.1 Å². The minimum atomic E-state index is -0.795. The Morgan fingerprint density at radius 1 is 1.10 bits per heavy atom. The number of nitrogens with zero attached hydrogens (tertiary/aromatic N) is 4. The van der Waals surface area contributed by atoms with Crippen molar-refractivity contribution in [2.75, 3.05) is 13.1 Å². The molecular formula is C31H30ClFN4O4. The van der Waals surface area contributed by atoms with Crippen LogP contribution in [-0.4, -0.2) is 43.1 Å². The zero-order chi connectivity index (χ0) is 29.4. The maximum Gasteiger partial charge on any atom is 0.322 e. The van der Waals surface area contributed by atoms with Gasteiger partial charge in [-0.2, -0.15) is 0 Å². The first-order chi connectivity index (χ1) is 19.7. The Bertz CT molecular complexity index is 1760. The third-order valence-corrected chi connectivity index (χ3v) is 8.03. The van der Waals surface area contributed by atoms with Crippen LogP contribution in [-0.2, 0) is 17.6 Å². The predicted molar refractivity (Wildman–Crippen MR) is 157 cm³/mol. The van der Waals surface area contributed by atoms with Crippen LogP contribution in [0.5, 0.6) is 5.75 Å². The highest BCUT2D eigenvalue weighted by Gasteiger charge is 2.29. The summed E-state index contributed by atoms with van der Waals surface area (Å²) in [4.78, 5) is 46.4. The molecule has 8 nitrogen and oxygen atoms in total. The SMILES string of the molecule is C=CC(=O)N1CCC(n2c(=O)c(=O)n(-c3c(CC)cccc3CC)c3nc(-c4c(O)cccc4F)c(Cl)cc32)CC1. The van der Waals surface area contributed by atoms with Gasteiger partial charge >= 0.3 is 11.1 Å². The first-order valence-electron chi connectivity index (χ1n) is 13.6. The summed E-state index contributed by atoms with van der Waals surface area (Å²) in [7, 11) is 0. The Hall–Kier alpha value is -4.24. The highest BCUT2D eigenvalue weighted by atomic mass is 35.5. The molecule has 1 saturated heterocycles. The van der Waals surface area contributed by atoms with Gasteiger partial charge in [-0.3, -0.25) is 23.5 Å². The Labute approximate surface area is 240 Å². The van der Waals surface area contributed by atoms with Crippen molar-refractivity contribution in [3.05, 3.63) is 97.8 Å². The number of hydrogen-bond acceptors (Lipinski definition) is 5. The smallest absolute Gasteiger partial charge is 0.322 e. The fourth-order valence-corrected chi connectivity index (χ4v) is 5.92. The molecule has 3 heterocycles. The van der Waals surface area contributed by atoms with Crippen LogP contribution >= 0.6 is 11.6 Å². The highest BCUT2D eigenvalue weighted by Crippen LogP contribution is 2.37. The Morgan fingerprint density at radius 2 is 1.73 bits per heavy atom. The molecule has 1 N–H and O–H groups in total. The standard InChI is InChI=1S/C31H30ClFN4O4/c1-4-18-9-7-10-19(5-2)28(18)37-29-23(17-21(32)27(34-29)26-22(33)11-8-12-24(26)38)36(30(40)31(37)41)20-13-15-35(16-14-20)25(39)6-3/h6-12,17,20,38H,3-5,13-16H2,1-2H3. The highest BCUT2D eigenvalue weighted by molar-refractivity contribution is 6.33. The number of aromatic hydroxyl groups is 1. The van der Waals surface area contributed by atoms with Crippen LogP contribution in [0.15, 0.2) is 64.7 Å². The van der Waals surface area contributed by atoms with Crippen molar-refractivity contribution in [2.45, 2.75) is 45.6 Å². The monoisotopic (exact) mass is 576 g/mol. The summed E-state index contributed by atoms with van der Waals surface area (Å²) in [6.45, 7) is 8.22. The molecule has 5 rings (SSSR count). The number of benzene rings is 2. The second kappa shape index (κ2) is 11.3. The van der Waals surface area contributed by atoms with Gasteiger partial charge in [-0.1, -0.05) is 56.3 Å². The minimum Gasteiger partial charge on any atom is -0.507 e. The normalized spacial score (nSPS) is 14.0. The van der Waals surface area contributed by atoms with Crippen molar-refractivity contribution in [3.8, 4) is 22.7 Å². The number of hydrogen-bond donors (Lipinski definition) is 1. The zero-order valence-corrected chi connectivity index (χ0v) is 23.6. The summed E-state index contributed by atoms with van der Waals surface area (Å²) in [6.07, 6.45) is 3.28. The van der Waals surface area contributed by atoms with Crippen molar-refractivity contribution in [1.82, 2.24) is 19.0 Å². The number of aryl methyl sites for hydroxylation is 2. The van der Waals surface area contributed by atoms with Crippen LogP contribution in [0.4, 0.5) is 4.39 Å². The van der Waals surface area contributed by atoms with E-state index in [2.05, 4.69) is 6.58 Å². The maximum atomic E-state index is 15.0. The molecule has 0 atom stereocenters. The summed E-state index contributed by atoms with van der Waals surface area (Å²) < 4.78 is 17.7. The summed E-state index contributed by atoms with van der Waals surface area (Å²) >= 11 is 6.68. The van der Waals surface area contributed by atoms with E-state index in [9.17, 15) is 19.5 Å². The van der Waals surface area contributed by atoms with Gasteiger partial charge in [-0.25, -0.2) is 9.37 Å². The van der Waals surface area contributed by atoms with Gasteiger partial charge in [0.25, 0.3) is 0 Å². The second-order valence-corrected chi connectivity index (χ2v) is 10.4. The number of fused-ring (bicyclic) bond motifs is 1. The number of carbonyl (C=O) groups is 1. The van der Waals surface area contributed by atoms with Crippen LogP contribution in [0.3, 0.4) is 0 Å². The fourth-order valence-electron chi connectivity index (χ4n) is 5.68. The van der Waals surface area contributed by atoms with Crippen LogP contribution in [0.1, 0.15) is 43.9 Å². The Balaban J connectivity index is 1.86. The molecule has 1 fully saturated rings. The van der Waals surface area contributed by atoms with E-state index in [4.69, 9.17) is 16.6 Å². The second-order valence-electron chi connectivity index (χ2n) is 10.0. The number of rotatable bonds is 6. The van der Waals surface area contributed by atoms with Gasteiger partial charge in [0.2, 0.25) is 5.91 Å². The molecule has 10 heteroatoms. The van der Waals surface area contributed by atoms with Crippen molar-refractivity contribution in [1.29, 1.82) is 0 Å². The molecule has 0 aliphatic carbocycles. The predicted octanol–water partition coefficient (Wildman–Crippen LogP) is 5.19. The van der Waals surface area contributed by atoms with E-state index in [1.165, 1.54) is 39.5 Å². The summed E-state index contributed by atoms with van der Waals surface area (Å²) in [6, 6.07) is 10.7. The van der Waals surface area contributed by atoms with Gasteiger partial charge in [0.05, 0.1) is 27.5 Å². The molecule has 0 unspecified atom stereocenters. The van der Waals surface area contributed by atoms with E-state index < -0.39 is 23.0 Å². The van der Waals surface area contributed by atoms with E-state index in [0.29, 0.717) is 50.0 Å². The largest absolute Gasteiger partial charge is 0.507 e. The first kappa shape index (κ1) is 28.3. The lowest BCUT2D eigenvalue weighted by Gasteiger charge is -2.33. The number of aromatic nitrogens is 3. The zero-order valence-electron chi connectivity index (χ0n) is 22.9. The lowest BCUT2D eigenvalue weighted by atomic mass is 10.0. The molecule has 1 aliphatic heterocycles. The molecule has 0 spiro atoms. The van der Waals surface area contributed by atoms with Crippen molar-refractivity contribution < 1.29 is 14.3 Å². The van der Waals surface area contributed by atoms with E-state index in [0.717, 1.165) is 11.1 Å². The van der Waals surface area contributed by atoms with E-state index in [1.54, 1.807) is 4.90 Å². The fraction of sp³-hybridized carbons (Fsp3) is 0.290. The molecule has 0 saturated carbocycles. The lowest BCUT2D eigenvalue weighted by molar-refractivity contribution is -0.127. The van der Waals surface area contributed by atoms with Crippen molar-refractivity contribution >= 4 is 28.7 Å². The molecule has 1 aliphatic rings. The molecular weight excluding hydrogens is 547 g/mol. The van der Waals surface area contributed by atoms with E-state index >= 15 is 4.39 Å². The number of likely N-dealkylation sites (tertiary alicyclic amines) is 1. The van der Waals surface area contributed by atoms with Gasteiger partial charge < -0.3 is 10.0 Å². The van der Waals surface area contributed by atoms with Gasteiger partial charge in [0.1, 0.15) is 11.6 Å². The first-order valence-corrected chi connectivity index (χ1v) is 14.0. The number of carbonyl (C=O) groups excluding carboxylic acids is 1. The van der Waals surface area contributed by atoms with Crippen molar-refractivity contribution in [2.24, 2.45) is 0 Å².